The van der Waals surface area contributed by atoms with Gasteiger partial charge in [0.25, 0.3) is 5.91 Å². The Balaban J connectivity index is 2.91. The molecule has 19 heavy (non-hydrogen) atoms. The first-order chi connectivity index (χ1) is 8.82. The van der Waals surface area contributed by atoms with Gasteiger partial charge in [0.2, 0.25) is 0 Å². The first-order valence-corrected chi connectivity index (χ1v) is 5.71. The Morgan fingerprint density at radius 2 is 1.95 bits per heavy atom. The molecule has 0 saturated heterocycles. The van der Waals surface area contributed by atoms with Gasteiger partial charge in [0.15, 0.2) is 0 Å². The standard InChI is InChI=1S/C12H12ClNO5/c1-6-3-2-4-7(10(6)13)11(17)14-8(12(18)19)5-9(15)16/h2-4,8H,5H2,1H3,(H,14,17)(H,15,16)(H,18,19)/t8-/m0/s1. The number of carbonyl (C=O) groups excluding carboxylic acids is 1. The van der Waals surface area contributed by atoms with Crippen LogP contribution in [0.15, 0.2) is 18.2 Å². The molecule has 0 aliphatic carbocycles. The number of hydrogen-bond donors (Lipinski definition) is 3. The highest BCUT2D eigenvalue weighted by Gasteiger charge is 2.24. The summed E-state index contributed by atoms with van der Waals surface area (Å²) in [5.41, 5.74) is 0.776. The molecule has 1 atom stereocenters. The van der Waals surface area contributed by atoms with Crippen LogP contribution in [0.2, 0.25) is 5.02 Å². The van der Waals surface area contributed by atoms with Crippen molar-refractivity contribution >= 4 is 29.4 Å². The predicted molar refractivity (Wildman–Crippen MR) is 67.3 cm³/mol. The maximum absolute atomic E-state index is 11.9. The molecule has 0 bridgehead atoms. The second kappa shape index (κ2) is 6.19. The van der Waals surface area contributed by atoms with E-state index in [9.17, 15) is 14.4 Å². The number of amides is 1. The molecule has 1 aromatic rings. The molecule has 0 aliphatic heterocycles. The molecule has 0 radical (unpaired) electrons. The zero-order valence-electron chi connectivity index (χ0n) is 10.0. The minimum Gasteiger partial charge on any atom is -0.481 e. The third-order valence-electron chi connectivity index (χ3n) is 2.42. The van der Waals surface area contributed by atoms with E-state index in [1.807, 2.05) is 0 Å². The summed E-state index contributed by atoms with van der Waals surface area (Å²) in [6, 6.07) is 3.24. The van der Waals surface area contributed by atoms with Crippen molar-refractivity contribution in [3.63, 3.8) is 0 Å². The quantitative estimate of drug-likeness (QED) is 0.756. The van der Waals surface area contributed by atoms with Crippen LogP contribution < -0.4 is 5.32 Å². The summed E-state index contributed by atoms with van der Waals surface area (Å²) in [5.74, 6) is -3.45. The van der Waals surface area contributed by atoms with Gasteiger partial charge in [0.1, 0.15) is 6.04 Å². The van der Waals surface area contributed by atoms with Crippen molar-refractivity contribution in [2.75, 3.05) is 0 Å². The highest BCUT2D eigenvalue weighted by Crippen LogP contribution is 2.20. The Hall–Kier alpha value is -2.08. The molecule has 0 spiro atoms. The maximum Gasteiger partial charge on any atom is 0.326 e. The molecular weight excluding hydrogens is 274 g/mol. The second-order valence-electron chi connectivity index (χ2n) is 3.90. The molecule has 0 fully saturated rings. The SMILES string of the molecule is Cc1cccc(C(=O)N[C@@H](CC(=O)O)C(=O)O)c1Cl. The summed E-state index contributed by atoms with van der Waals surface area (Å²) in [5, 5.41) is 19.7. The van der Waals surface area contributed by atoms with E-state index in [1.54, 1.807) is 19.1 Å². The summed E-state index contributed by atoms with van der Waals surface area (Å²) >= 11 is 5.93. The van der Waals surface area contributed by atoms with Crippen molar-refractivity contribution in [3.05, 3.63) is 34.3 Å². The van der Waals surface area contributed by atoms with Gasteiger partial charge in [-0.3, -0.25) is 9.59 Å². The number of rotatable bonds is 5. The zero-order chi connectivity index (χ0) is 14.6. The number of halogens is 1. The monoisotopic (exact) mass is 285 g/mol. The van der Waals surface area contributed by atoms with Crippen LogP contribution in [0.4, 0.5) is 0 Å². The molecular formula is C12H12ClNO5. The van der Waals surface area contributed by atoms with Gasteiger partial charge in [-0.25, -0.2) is 4.79 Å². The highest BCUT2D eigenvalue weighted by atomic mass is 35.5. The minimum absolute atomic E-state index is 0.110. The Labute approximate surface area is 114 Å². The van der Waals surface area contributed by atoms with Crippen LogP contribution in [0.3, 0.4) is 0 Å². The summed E-state index contributed by atoms with van der Waals surface area (Å²) < 4.78 is 0. The van der Waals surface area contributed by atoms with Gasteiger partial charge in [-0.1, -0.05) is 23.7 Å². The van der Waals surface area contributed by atoms with Gasteiger partial charge in [-0.15, -0.1) is 0 Å². The summed E-state index contributed by atoms with van der Waals surface area (Å²) in [7, 11) is 0. The van der Waals surface area contributed by atoms with Crippen LogP contribution in [0.1, 0.15) is 22.3 Å². The smallest absolute Gasteiger partial charge is 0.326 e. The van der Waals surface area contributed by atoms with Crippen LogP contribution in [-0.2, 0) is 9.59 Å². The zero-order valence-corrected chi connectivity index (χ0v) is 10.8. The van der Waals surface area contributed by atoms with E-state index >= 15 is 0 Å². The predicted octanol–water partition coefficient (Wildman–Crippen LogP) is 1.31. The van der Waals surface area contributed by atoms with Crippen molar-refractivity contribution in [3.8, 4) is 0 Å². The molecule has 7 heteroatoms. The maximum atomic E-state index is 11.9. The van der Waals surface area contributed by atoms with Gasteiger partial charge in [0, 0.05) is 0 Å². The molecule has 1 aromatic carbocycles. The van der Waals surface area contributed by atoms with E-state index in [-0.39, 0.29) is 10.6 Å². The molecule has 0 heterocycles. The van der Waals surface area contributed by atoms with Crippen LogP contribution in [0.25, 0.3) is 0 Å². The van der Waals surface area contributed by atoms with E-state index < -0.39 is 30.3 Å². The molecule has 0 aliphatic rings. The fraction of sp³-hybridized carbons (Fsp3) is 0.250. The largest absolute Gasteiger partial charge is 0.481 e. The van der Waals surface area contributed by atoms with Crippen LogP contribution in [0, 0.1) is 6.92 Å². The summed E-state index contributed by atoms with van der Waals surface area (Å²) in [6.07, 6.45) is -0.704. The molecule has 0 aromatic heterocycles. The van der Waals surface area contributed by atoms with Crippen LogP contribution in [0.5, 0.6) is 0 Å². The average Bonchev–Trinajstić information content (AvgIpc) is 2.31. The molecule has 3 N–H and O–H groups in total. The number of carboxylic acids is 2. The third kappa shape index (κ3) is 3.96. The van der Waals surface area contributed by atoms with Gasteiger partial charge in [-0.2, -0.15) is 0 Å². The molecule has 0 saturated carbocycles. The Morgan fingerprint density at radius 1 is 1.32 bits per heavy atom. The molecule has 1 amide bonds. The van der Waals surface area contributed by atoms with E-state index in [2.05, 4.69) is 5.32 Å². The van der Waals surface area contributed by atoms with Crippen LogP contribution in [-0.4, -0.2) is 34.1 Å². The number of aliphatic carboxylic acids is 2. The number of nitrogens with one attached hydrogen (secondary N) is 1. The molecule has 102 valence electrons. The molecule has 0 unspecified atom stereocenters. The van der Waals surface area contributed by atoms with Crippen molar-refractivity contribution in [2.24, 2.45) is 0 Å². The number of carbonyl (C=O) groups is 3. The minimum atomic E-state index is -1.50. The lowest BCUT2D eigenvalue weighted by atomic mass is 10.1. The molecule has 6 nitrogen and oxygen atoms in total. The number of aryl methyl sites for hydroxylation is 1. The van der Waals surface area contributed by atoms with Crippen molar-refractivity contribution < 1.29 is 24.6 Å². The van der Waals surface area contributed by atoms with E-state index in [4.69, 9.17) is 21.8 Å². The lowest BCUT2D eigenvalue weighted by Gasteiger charge is -2.13. The van der Waals surface area contributed by atoms with Crippen LogP contribution >= 0.6 is 11.6 Å². The number of carboxylic acid groups (broad SMARTS) is 2. The van der Waals surface area contributed by atoms with E-state index in [0.717, 1.165) is 0 Å². The normalized spacial score (nSPS) is 11.7. The Kier molecular flexibility index (Phi) is 4.88. The Bertz CT molecular complexity index is 529. The van der Waals surface area contributed by atoms with Crippen molar-refractivity contribution in [1.82, 2.24) is 5.32 Å². The lowest BCUT2D eigenvalue weighted by Crippen LogP contribution is -2.42. The Morgan fingerprint density at radius 3 is 2.47 bits per heavy atom. The summed E-state index contributed by atoms with van der Waals surface area (Å²) in [6.45, 7) is 1.70. The first kappa shape index (κ1) is 15.0. The van der Waals surface area contributed by atoms with Gasteiger partial charge in [0.05, 0.1) is 17.0 Å². The van der Waals surface area contributed by atoms with Gasteiger partial charge >= 0.3 is 11.9 Å². The fourth-order valence-corrected chi connectivity index (χ4v) is 1.65. The first-order valence-electron chi connectivity index (χ1n) is 5.33. The lowest BCUT2D eigenvalue weighted by molar-refractivity contribution is -0.145. The third-order valence-corrected chi connectivity index (χ3v) is 2.92. The van der Waals surface area contributed by atoms with Gasteiger partial charge < -0.3 is 15.5 Å². The van der Waals surface area contributed by atoms with E-state index in [0.29, 0.717) is 5.56 Å². The molecule has 1 rings (SSSR count). The van der Waals surface area contributed by atoms with Crippen molar-refractivity contribution in [1.29, 1.82) is 0 Å². The average molecular weight is 286 g/mol. The highest BCUT2D eigenvalue weighted by molar-refractivity contribution is 6.34. The summed E-state index contributed by atoms with van der Waals surface area (Å²) in [4.78, 5) is 33.2. The van der Waals surface area contributed by atoms with Gasteiger partial charge in [-0.05, 0) is 18.6 Å². The number of benzene rings is 1. The second-order valence-corrected chi connectivity index (χ2v) is 4.28. The van der Waals surface area contributed by atoms with Crippen molar-refractivity contribution in [2.45, 2.75) is 19.4 Å². The topological polar surface area (TPSA) is 104 Å². The van der Waals surface area contributed by atoms with E-state index in [1.165, 1.54) is 6.07 Å². The number of hydrogen-bond acceptors (Lipinski definition) is 3. The fourth-order valence-electron chi connectivity index (χ4n) is 1.43.